The van der Waals surface area contributed by atoms with Gasteiger partial charge in [0.25, 0.3) is 0 Å². The number of hydrogen-bond acceptors (Lipinski definition) is 4. The zero-order valence-corrected chi connectivity index (χ0v) is 9.48. The zero-order valence-electron chi connectivity index (χ0n) is 9.48. The van der Waals surface area contributed by atoms with Crippen molar-refractivity contribution in [1.29, 1.82) is 0 Å². The maximum Gasteiger partial charge on any atom is 0.451 e. The van der Waals surface area contributed by atoms with Crippen LogP contribution in [0.15, 0.2) is 0 Å². The van der Waals surface area contributed by atoms with E-state index in [2.05, 4.69) is 10.2 Å². The Hall–Kier alpha value is -1.64. The molecule has 0 saturated heterocycles. The molecule has 9 heteroatoms. The summed E-state index contributed by atoms with van der Waals surface area (Å²) >= 11 is 0. The molecule has 1 N–H and O–H groups in total. The first-order valence-electron chi connectivity index (χ1n) is 5.27. The molecule has 0 amide bonds. The van der Waals surface area contributed by atoms with E-state index in [0.29, 0.717) is 0 Å². The van der Waals surface area contributed by atoms with Crippen molar-refractivity contribution in [3.8, 4) is 0 Å². The van der Waals surface area contributed by atoms with E-state index >= 15 is 0 Å². The van der Waals surface area contributed by atoms with Gasteiger partial charge in [-0.3, -0.25) is 9.69 Å². The molecular formula is C9H11F3N4O2. The highest BCUT2D eigenvalue weighted by Gasteiger charge is 2.40. The van der Waals surface area contributed by atoms with Crippen LogP contribution in [0.2, 0.25) is 0 Å². The summed E-state index contributed by atoms with van der Waals surface area (Å²) in [4.78, 5) is 12.4. The molecular weight excluding hydrogens is 253 g/mol. The molecule has 1 atom stereocenters. The predicted octanol–water partition coefficient (Wildman–Crippen LogP) is 0.586. The lowest BCUT2D eigenvalue weighted by atomic mass is 10.2. The lowest BCUT2D eigenvalue weighted by Gasteiger charge is -2.30. The Balaban J connectivity index is 2.22. The average molecular weight is 264 g/mol. The zero-order chi connectivity index (χ0) is 13.5. The summed E-state index contributed by atoms with van der Waals surface area (Å²) in [5.74, 6) is -1.90. The monoisotopic (exact) mass is 264 g/mol. The van der Waals surface area contributed by atoms with E-state index in [1.807, 2.05) is 0 Å². The number of halogens is 3. The van der Waals surface area contributed by atoms with E-state index in [0.717, 1.165) is 4.57 Å². The predicted molar refractivity (Wildman–Crippen MR) is 52.5 cm³/mol. The van der Waals surface area contributed by atoms with Gasteiger partial charge in [-0.2, -0.15) is 13.2 Å². The van der Waals surface area contributed by atoms with Gasteiger partial charge in [0.1, 0.15) is 11.9 Å². The van der Waals surface area contributed by atoms with E-state index in [4.69, 9.17) is 5.11 Å². The van der Waals surface area contributed by atoms with Gasteiger partial charge in [0.15, 0.2) is 0 Å². The first-order valence-corrected chi connectivity index (χ1v) is 5.27. The highest BCUT2D eigenvalue weighted by molar-refractivity contribution is 5.72. The number of rotatable bonds is 2. The fourth-order valence-electron chi connectivity index (χ4n) is 1.87. The number of carboxylic acids is 1. The Labute approximate surface area is 100 Å². The van der Waals surface area contributed by atoms with Crippen molar-refractivity contribution in [2.45, 2.75) is 32.2 Å². The number of nitrogens with zero attached hydrogens (tertiary/aromatic N) is 4. The van der Waals surface area contributed by atoms with Gasteiger partial charge < -0.3 is 9.67 Å². The van der Waals surface area contributed by atoms with Crippen LogP contribution in [0.1, 0.15) is 18.6 Å². The SMILES string of the molecule is CC(C(=O)O)N1CCn2c(nnc2C(F)(F)F)C1. The van der Waals surface area contributed by atoms with Gasteiger partial charge in [-0.1, -0.05) is 0 Å². The topological polar surface area (TPSA) is 71.2 Å². The number of hydrogen-bond donors (Lipinski definition) is 1. The average Bonchev–Trinajstić information content (AvgIpc) is 2.69. The molecule has 18 heavy (non-hydrogen) atoms. The summed E-state index contributed by atoms with van der Waals surface area (Å²) < 4.78 is 38.7. The molecule has 0 fully saturated rings. The van der Waals surface area contributed by atoms with E-state index in [1.165, 1.54) is 6.92 Å². The van der Waals surface area contributed by atoms with Gasteiger partial charge in [0.2, 0.25) is 5.82 Å². The molecule has 0 aliphatic carbocycles. The van der Waals surface area contributed by atoms with Crippen molar-refractivity contribution < 1.29 is 23.1 Å². The number of alkyl halides is 3. The number of aliphatic carboxylic acids is 1. The third-order valence-corrected chi connectivity index (χ3v) is 2.94. The van der Waals surface area contributed by atoms with Crippen LogP contribution in [0.4, 0.5) is 13.2 Å². The van der Waals surface area contributed by atoms with Crippen molar-refractivity contribution in [2.24, 2.45) is 0 Å². The van der Waals surface area contributed by atoms with Crippen molar-refractivity contribution in [3.05, 3.63) is 11.6 Å². The Morgan fingerprint density at radius 3 is 2.61 bits per heavy atom. The first kappa shape index (κ1) is 12.8. The second kappa shape index (κ2) is 4.23. The number of aromatic nitrogens is 3. The van der Waals surface area contributed by atoms with E-state index in [9.17, 15) is 18.0 Å². The summed E-state index contributed by atoms with van der Waals surface area (Å²) in [6.07, 6.45) is -4.54. The maximum absolute atomic E-state index is 12.6. The summed E-state index contributed by atoms with van der Waals surface area (Å²) in [6.45, 7) is 1.80. The van der Waals surface area contributed by atoms with Crippen LogP contribution >= 0.6 is 0 Å². The Kier molecular flexibility index (Phi) is 3.01. The van der Waals surface area contributed by atoms with E-state index < -0.39 is 24.0 Å². The van der Waals surface area contributed by atoms with Gasteiger partial charge in [-0.05, 0) is 6.92 Å². The Bertz CT molecular complexity index is 471. The van der Waals surface area contributed by atoms with Gasteiger partial charge >= 0.3 is 12.1 Å². The molecule has 1 aromatic rings. The van der Waals surface area contributed by atoms with Crippen LogP contribution in [0.25, 0.3) is 0 Å². The van der Waals surface area contributed by atoms with E-state index in [1.54, 1.807) is 4.90 Å². The minimum Gasteiger partial charge on any atom is -0.480 e. The molecule has 1 unspecified atom stereocenters. The number of fused-ring (bicyclic) bond motifs is 1. The molecule has 0 bridgehead atoms. The summed E-state index contributed by atoms with van der Waals surface area (Å²) in [7, 11) is 0. The highest BCUT2D eigenvalue weighted by atomic mass is 19.4. The standard InChI is InChI=1S/C9H11F3N4O2/c1-5(7(17)18)15-2-3-16-6(4-15)13-14-8(16)9(10,11)12/h5H,2-4H2,1H3,(H,17,18). The molecule has 0 spiro atoms. The largest absolute Gasteiger partial charge is 0.480 e. The Morgan fingerprint density at radius 2 is 2.06 bits per heavy atom. The van der Waals surface area contributed by atoms with Crippen LogP contribution in [0.5, 0.6) is 0 Å². The lowest BCUT2D eigenvalue weighted by molar-refractivity contribution is -0.149. The third kappa shape index (κ3) is 2.17. The smallest absolute Gasteiger partial charge is 0.451 e. The molecule has 1 aliphatic heterocycles. The van der Waals surface area contributed by atoms with Crippen molar-refractivity contribution in [2.75, 3.05) is 6.54 Å². The molecule has 1 aromatic heterocycles. The van der Waals surface area contributed by atoms with Crippen LogP contribution in [0, 0.1) is 0 Å². The summed E-state index contributed by atoms with van der Waals surface area (Å²) in [5, 5.41) is 15.4. The fourth-order valence-corrected chi connectivity index (χ4v) is 1.87. The second-order valence-electron chi connectivity index (χ2n) is 4.07. The fraction of sp³-hybridized carbons (Fsp3) is 0.667. The van der Waals surface area contributed by atoms with Gasteiger partial charge in [-0.15, -0.1) is 10.2 Å². The molecule has 1 aliphatic rings. The van der Waals surface area contributed by atoms with Gasteiger partial charge in [0.05, 0.1) is 6.54 Å². The Morgan fingerprint density at radius 1 is 1.39 bits per heavy atom. The minimum atomic E-state index is -4.54. The highest BCUT2D eigenvalue weighted by Crippen LogP contribution is 2.29. The number of carboxylic acid groups (broad SMARTS) is 1. The van der Waals surface area contributed by atoms with Crippen molar-refractivity contribution in [1.82, 2.24) is 19.7 Å². The van der Waals surface area contributed by atoms with Crippen LogP contribution < -0.4 is 0 Å². The van der Waals surface area contributed by atoms with Gasteiger partial charge in [0, 0.05) is 13.1 Å². The lowest BCUT2D eigenvalue weighted by Crippen LogP contribution is -2.44. The van der Waals surface area contributed by atoms with Crippen LogP contribution in [0.3, 0.4) is 0 Å². The maximum atomic E-state index is 12.6. The minimum absolute atomic E-state index is 0.0365. The third-order valence-electron chi connectivity index (χ3n) is 2.94. The summed E-state index contributed by atoms with van der Waals surface area (Å²) in [6, 6.07) is -0.759. The number of carbonyl (C=O) groups is 1. The molecule has 2 rings (SSSR count). The molecule has 100 valence electrons. The first-order chi connectivity index (χ1) is 8.30. The summed E-state index contributed by atoms with van der Waals surface area (Å²) in [5.41, 5.74) is 0. The molecule has 0 aromatic carbocycles. The molecule has 0 saturated carbocycles. The quantitative estimate of drug-likeness (QED) is 0.846. The van der Waals surface area contributed by atoms with Crippen molar-refractivity contribution >= 4 is 5.97 Å². The van der Waals surface area contributed by atoms with Crippen LogP contribution in [-0.4, -0.2) is 43.3 Å². The van der Waals surface area contributed by atoms with Crippen LogP contribution in [-0.2, 0) is 24.1 Å². The van der Waals surface area contributed by atoms with Crippen molar-refractivity contribution in [3.63, 3.8) is 0 Å². The second-order valence-corrected chi connectivity index (χ2v) is 4.07. The van der Waals surface area contributed by atoms with E-state index in [-0.39, 0.29) is 25.5 Å². The molecule has 0 radical (unpaired) electrons. The normalized spacial score (nSPS) is 18.4. The van der Waals surface area contributed by atoms with Gasteiger partial charge in [-0.25, -0.2) is 0 Å². The molecule has 6 nitrogen and oxygen atoms in total. The molecule has 2 heterocycles.